The summed E-state index contributed by atoms with van der Waals surface area (Å²) in [7, 11) is -4.34. The van der Waals surface area contributed by atoms with Crippen molar-refractivity contribution >= 4 is 62.9 Å². The molecule has 2 aromatic rings. The number of allylic oxidation sites excluding steroid dienone is 1. The minimum absolute atomic E-state index is 0.0187. The molecule has 3 N–H and O–H groups in total. The maximum absolute atomic E-state index is 14.4. The zero-order chi connectivity index (χ0) is 39.0. The molecule has 1 aromatic carbocycles. The first-order valence-corrected chi connectivity index (χ1v) is 20.5. The van der Waals surface area contributed by atoms with E-state index in [1.54, 1.807) is 39.0 Å². The van der Waals surface area contributed by atoms with Crippen molar-refractivity contribution in [1.29, 1.82) is 0 Å². The molecule has 4 aliphatic rings. The van der Waals surface area contributed by atoms with Crippen LogP contribution in [-0.4, -0.2) is 84.0 Å². The van der Waals surface area contributed by atoms with Gasteiger partial charge in [0.1, 0.15) is 39.4 Å². The average molecular weight is 808 g/mol. The minimum atomic E-state index is -4.34. The number of halogens is 2. The van der Waals surface area contributed by atoms with Crippen molar-refractivity contribution in [3.8, 4) is 0 Å². The number of benzene rings is 1. The van der Waals surface area contributed by atoms with Crippen LogP contribution in [0.1, 0.15) is 76.8 Å². The van der Waals surface area contributed by atoms with E-state index in [4.69, 9.17) is 21.1 Å². The van der Waals surface area contributed by atoms with E-state index in [9.17, 15) is 36.8 Å². The maximum atomic E-state index is 14.4. The predicted molar refractivity (Wildman–Crippen MR) is 195 cm³/mol. The van der Waals surface area contributed by atoms with Gasteiger partial charge in [-0.2, -0.15) is 0 Å². The Morgan fingerprint density at radius 3 is 2.61 bits per heavy atom. The highest BCUT2D eigenvalue weighted by molar-refractivity contribution is 7.92. The summed E-state index contributed by atoms with van der Waals surface area (Å²) in [5.74, 6) is -3.34. The zero-order valence-electron chi connectivity index (χ0n) is 30.1. The molecule has 0 radical (unpaired) electrons. The molecule has 3 aliphatic heterocycles. The molecule has 14 nitrogen and oxygen atoms in total. The molecule has 5 amide bonds. The van der Waals surface area contributed by atoms with Crippen molar-refractivity contribution < 1.29 is 46.3 Å². The van der Waals surface area contributed by atoms with Crippen LogP contribution >= 0.6 is 22.9 Å². The van der Waals surface area contributed by atoms with Gasteiger partial charge in [-0.3, -0.25) is 19.3 Å². The third-order valence-electron chi connectivity index (χ3n) is 9.82. The molecule has 0 spiro atoms. The molecule has 1 saturated heterocycles. The SMILES string of the molecule is CC(C)(C)OC(=O)N[C@H]1CCCCCC=C[C@@H]2C[C@@]2(C(=O)NS(=O)(=O)c2cc(Cl)cs2)NC(=O)[C@@H]2C[C@@H](OC(=O)N3Cc4cccc(F)c4C3)CN2C1=O. The quantitative estimate of drug-likeness (QED) is 0.359. The number of nitrogens with one attached hydrogen (secondary N) is 3. The second kappa shape index (κ2) is 15.5. The van der Waals surface area contributed by atoms with Gasteiger partial charge in [-0.15, -0.1) is 11.3 Å². The van der Waals surface area contributed by atoms with Crippen molar-refractivity contribution in [2.75, 3.05) is 6.54 Å². The van der Waals surface area contributed by atoms with Crippen LogP contribution in [0, 0.1) is 11.7 Å². The Morgan fingerprint density at radius 2 is 1.91 bits per heavy atom. The van der Waals surface area contributed by atoms with E-state index in [2.05, 4.69) is 15.4 Å². The lowest BCUT2D eigenvalue weighted by Crippen LogP contribution is -2.58. The van der Waals surface area contributed by atoms with Crippen molar-refractivity contribution in [2.24, 2.45) is 5.92 Å². The highest BCUT2D eigenvalue weighted by Crippen LogP contribution is 2.46. The lowest BCUT2D eigenvalue weighted by molar-refractivity contribution is -0.141. The topological polar surface area (TPSA) is 181 Å². The number of ether oxygens (including phenoxy) is 2. The van der Waals surface area contributed by atoms with Gasteiger partial charge < -0.3 is 25.0 Å². The van der Waals surface area contributed by atoms with Gasteiger partial charge in [0, 0.05) is 29.8 Å². The zero-order valence-corrected chi connectivity index (χ0v) is 32.5. The lowest BCUT2D eigenvalue weighted by Gasteiger charge is -2.30. The summed E-state index contributed by atoms with van der Waals surface area (Å²) >= 11 is 6.77. The van der Waals surface area contributed by atoms with E-state index in [1.165, 1.54) is 27.3 Å². The third-order valence-corrected chi connectivity index (χ3v) is 12.9. The molecular weight excluding hydrogens is 765 g/mol. The fourth-order valence-corrected chi connectivity index (χ4v) is 9.49. The van der Waals surface area contributed by atoms with Gasteiger partial charge in [0.15, 0.2) is 0 Å². The Balaban J connectivity index is 1.26. The van der Waals surface area contributed by atoms with Crippen LogP contribution in [0.5, 0.6) is 0 Å². The fraction of sp³-hybridized carbons (Fsp3) is 0.528. The number of alkyl carbamates (subject to hydrolysis) is 1. The van der Waals surface area contributed by atoms with E-state index < -0.39 is 81.0 Å². The van der Waals surface area contributed by atoms with Crippen LogP contribution < -0.4 is 15.4 Å². The molecule has 1 aliphatic carbocycles. The summed E-state index contributed by atoms with van der Waals surface area (Å²) in [5.41, 5.74) is -1.51. The number of hydrogen-bond acceptors (Lipinski definition) is 10. The van der Waals surface area contributed by atoms with Crippen molar-refractivity contribution in [3.63, 3.8) is 0 Å². The Kier molecular flexibility index (Phi) is 11.3. The summed E-state index contributed by atoms with van der Waals surface area (Å²) < 4.78 is 53.9. The van der Waals surface area contributed by atoms with Gasteiger partial charge >= 0.3 is 12.2 Å². The van der Waals surface area contributed by atoms with E-state index in [-0.39, 0.29) is 48.1 Å². The number of rotatable bonds is 5. The lowest BCUT2D eigenvalue weighted by atomic mass is 10.0. The summed E-state index contributed by atoms with van der Waals surface area (Å²) in [4.78, 5) is 71.2. The van der Waals surface area contributed by atoms with Gasteiger partial charge in [0.2, 0.25) is 11.8 Å². The normalized spacial score (nSPS) is 26.0. The average Bonchev–Trinajstić information content (AvgIpc) is 3.46. The highest BCUT2D eigenvalue weighted by Gasteiger charge is 2.62. The molecule has 6 rings (SSSR count). The number of carbonyl (C=O) groups is 5. The van der Waals surface area contributed by atoms with Gasteiger partial charge in [-0.05, 0) is 64.2 Å². The molecule has 2 fully saturated rings. The molecule has 5 atom stereocenters. The number of nitrogens with zero attached hydrogens (tertiary/aromatic N) is 2. The number of amides is 5. The fourth-order valence-electron chi connectivity index (χ4n) is 7.04. The predicted octanol–water partition coefficient (Wildman–Crippen LogP) is 4.76. The first-order valence-electron chi connectivity index (χ1n) is 17.8. The molecule has 4 heterocycles. The summed E-state index contributed by atoms with van der Waals surface area (Å²) in [6, 6.07) is 3.40. The summed E-state index contributed by atoms with van der Waals surface area (Å²) in [5, 5.41) is 7.01. The molecule has 292 valence electrons. The van der Waals surface area contributed by atoms with Crippen molar-refractivity contribution in [1.82, 2.24) is 25.2 Å². The number of carbonyl (C=O) groups excluding carboxylic acids is 5. The first-order chi connectivity index (χ1) is 25.5. The molecule has 54 heavy (non-hydrogen) atoms. The Morgan fingerprint density at radius 1 is 1.13 bits per heavy atom. The van der Waals surface area contributed by atoms with E-state index >= 15 is 0 Å². The van der Waals surface area contributed by atoms with Crippen LogP contribution in [0.4, 0.5) is 14.0 Å². The first kappa shape index (κ1) is 39.5. The summed E-state index contributed by atoms with van der Waals surface area (Å²) in [6.07, 6.45) is 3.83. The molecule has 0 bridgehead atoms. The number of sulfonamides is 1. The smallest absolute Gasteiger partial charge is 0.410 e. The van der Waals surface area contributed by atoms with Crippen LogP contribution in [-0.2, 0) is 47.0 Å². The highest BCUT2D eigenvalue weighted by atomic mass is 35.5. The molecule has 1 saturated carbocycles. The van der Waals surface area contributed by atoms with E-state index in [0.717, 1.165) is 17.8 Å². The Hall–Kier alpha value is -4.22. The van der Waals surface area contributed by atoms with E-state index in [0.29, 0.717) is 30.4 Å². The third kappa shape index (κ3) is 8.84. The van der Waals surface area contributed by atoms with Gasteiger partial charge in [-0.1, -0.05) is 48.7 Å². The van der Waals surface area contributed by atoms with Gasteiger partial charge in [-0.25, -0.2) is 27.1 Å². The largest absolute Gasteiger partial charge is 0.444 e. The molecule has 0 unspecified atom stereocenters. The van der Waals surface area contributed by atoms with Crippen molar-refractivity contribution in [2.45, 2.75) is 112 Å². The standard InChI is InChI=1S/C36H43ClFN5O9S2/c1-35(2,3)52-33(47)39-27-13-8-6-4-5-7-11-22-16-36(22,32(46)41-54(49,50)29-14-23(37)20-53-29)40-30(44)28-15-24(18-43(28)31(27)45)51-34(48)42-17-21-10-9-12-26(38)25(21)19-42/h7,9-12,14,20,22,24,27-28H,4-6,8,13,15-19H2,1-3H3,(H,39,47)(H,40,44)(H,41,46)/t22-,24-,27+,28+,36-/m1/s1. The van der Waals surface area contributed by atoms with Crippen molar-refractivity contribution in [3.05, 3.63) is 63.8 Å². The molecule has 1 aromatic heterocycles. The second-order valence-corrected chi connectivity index (χ2v) is 18.3. The summed E-state index contributed by atoms with van der Waals surface area (Å²) in [6.45, 7) is 4.92. The minimum Gasteiger partial charge on any atom is -0.444 e. The van der Waals surface area contributed by atoms with Gasteiger partial charge in [0.05, 0.1) is 18.1 Å². The number of thiophene rings is 1. The van der Waals surface area contributed by atoms with Gasteiger partial charge in [0.25, 0.3) is 15.9 Å². The van der Waals surface area contributed by atoms with E-state index in [1.807, 2.05) is 6.08 Å². The number of hydrogen-bond donors (Lipinski definition) is 3. The van der Waals surface area contributed by atoms with Crippen LogP contribution in [0.25, 0.3) is 0 Å². The van der Waals surface area contributed by atoms with Crippen LogP contribution in [0.2, 0.25) is 5.02 Å². The maximum Gasteiger partial charge on any atom is 0.410 e. The van der Waals surface area contributed by atoms with Crippen LogP contribution in [0.15, 0.2) is 46.0 Å². The molecular formula is C36H43ClFN5O9S2. The Bertz CT molecular complexity index is 1970. The second-order valence-electron chi connectivity index (χ2n) is 15.0. The molecule has 18 heteroatoms. The van der Waals surface area contributed by atoms with Crippen LogP contribution in [0.3, 0.4) is 0 Å². The Labute approximate surface area is 321 Å². The number of fused-ring (bicyclic) bond motifs is 3. The monoisotopic (exact) mass is 807 g/mol.